The van der Waals surface area contributed by atoms with Gasteiger partial charge in [0.15, 0.2) is 5.82 Å². The van der Waals surface area contributed by atoms with Crippen LogP contribution in [0.4, 0.5) is 0 Å². The molecular weight excluding hydrogens is 240 g/mol. The fraction of sp³-hybridized carbons (Fsp3) is 0.857. The number of likely N-dealkylation sites (tertiary alicyclic amines) is 1. The van der Waals surface area contributed by atoms with Crippen LogP contribution in [0.15, 0.2) is 4.52 Å². The lowest BCUT2D eigenvalue weighted by atomic mass is 9.69. The van der Waals surface area contributed by atoms with Crippen LogP contribution >= 0.6 is 0 Å². The fourth-order valence-electron chi connectivity index (χ4n) is 3.79. The molecule has 1 spiro atoms. The van der Waals surface area contributed by atoms with Gasteiger partial charge in [0.2, 0.25) is 5.89 Å². The fourth-order valence-corrected chi connectivity index (χ4v) is 3.79. The average Bonchev–Trinajstić information content (AvgIpc) is 2.87. The van der Waals surface area contributed by atoms with Crippen LogP contribution < -0.4 is 5.73 Å². The lowest BCUT2D eigenvalue weighted by Crippen LogP contribution is -2.44. The number of nitrogens with zero attached hydrogens (tertiary/aromatic N) is 3. The van der Waals surface area contributed by atoms with E-state index in [1.165, 1.54) is 51.5 Å². The SMILES string of the molecule is NCc1nc(CN2CCCC3(CCCCC3)C2)no1. The zero-order valence-electron chi connectivity index (χ0n) is 11.6. The lowest BCUT2D eigenvalue weighted by molar-refractivity contribution is 0.0476. The molecule has 5 nitrogen and oxygen atoms in total. The molecule has 0 radical (unpaired) electrons. The molecule has 1 saturated heterocycles. The van der Waals surface area contributed by atoms with Crippen LogP contribution in [0.1, 0.15) is 56.7 Å². The van der Waals surface area contributed by atoms with Crippen molar-refractivity contribution in [2.24, 2.45) is 11.1 Å². The van der Waals surface area contributed by atoms with Crippen LogP contribution in [0.2, 0.25) is 0 Å². The van der Waals surface area contributed by atoms with Crippen molar-refractivity contribution >= 4 is 0 Å². The zero-order chi connectivity index (χ0) is 13.1. The minimum absolute atomic E-state index is 0.330. The maximum absolute atomic E-state index is 5.50. The Balaban J connectivity index is 1.61. The second-order valence-corrected chi connectivity index (χ2v) is 6.18. The molecule has 1 aliphatic carbocycles. The summed E-state index contributed by atoms with van der Waals surface area (Å²) in [5, 5.41) is 4.01. The smallest absolute Gasteiger partial charge is 0.240 e. The minimum atomic E-state index is 0.330. The van der Waals surface area contributed by atoms with Crippen LogP contribution in [0.3, 0.4) is 0 Å². The van der Waals surface area contributed by atoms with E-state index in [-0.39, 0.29) is 0 Å². The molecule has 0 bridgehead atoms. The standard InChI is InChI=1S/C14H24N4O/c15-9-13-16-12(17-19-13)10-18-8-4-7-14(11-18)5-2-1-3-6-14/h1-11,15H2. The summed E-state index contributed by atoms with van der Waals surface area (Å²) in [6, 6.07) is 0. The topological polar surface area (TPSA) is 68.2 Å². The molecule has 0 atom stereocenters. The highest BCUT2D eigenvalue weighted by Gasteiger charge is 2.36. The largest absolute Gasteiger partial charge is 0.338 e. The Labute approximate surface area is 114 Å². The first kappa shape index (κ1) is 13.1. The predicted molar refractivity (Wildman–Crippen MR) is 72.2 cm³/mol. The number of hydrogen-bond donors (Lipinski definition) is 1. The van der Waals surface area contributed by atoms with E-state index in [9.17, 15) is 0 Å². The molecule has 2 fully saturated rings. The summed E-state index contributed by atoms with van der Waals surface area (Å²) in [5.41, 5.74) is 6.08. The number of piperidine rings is 1. The number of aromatic nitrogens is 2. The van der Waals surface area contributed by atoms with E-state index in [4.69, 9.17) is 10.3 Å². The molecule has 2 aliphatic rings. The summed E-state index contributed by atoms with van der Waals surface area (Å²) in [6.07, 6.45) is 9.77. The van der Waals surface area contributed by atoms with Crippen LogP contribution in [0, 0.1) is 5.41 Å². The van der Waals surface area contributed by atoms with Crippen LogP contribution in [0.5, 0.6) is 0 Å². The highest BCUT2D eigenvalue weighted by atomic mass is 16.5. The number of rotatable bonds is 3. The molecular formula is C14H24N4O. The molecule has 106 valence electrons. The monoisotopic (exact) mass is 264 g/mol. The van der Waals surface area contributed by atoms with Gasteiger partial charge < -0.3 is 10.3 Å². The maximum Gasteiger partial charge on any atom is 0.240 e. The highest BCUT2D eigenvalue weighted by molar-refractivity contribution is 4.92. The van der Waals surface area contributed by atoms with E-state index in [0.717, 1.165) is 18.9 Å². The van der Waals surface area contributed by atoms with Gasteiger partial charge in [0.25, 0.3) is 0 Å². The van der Waals surface area contributed by atoms with E-state index in [2.05, 4.69) is 15.0 Å². The summed E-state index contributed by atoms with van der Waals surface area (Å²) in [7, 11) is 0. The second-order valence-electron chi connectivity index (χ2n) is 6.18. The summed E-state index contributed by atoms with van der Waals surface area (Å²) in [5.74, 6) is 1.33. The first-order chi connectivity index (χ1) is 9.30. The molecule has 2 N–H and O–H groups in total. The van der Waals surface area contributed by atoms with E-state index < -0.39 is 0 Å². The molecule has 0 unspecified atom stereocenters. The van der Waals surface area contributed by atoms with Crippen molar-refractivity contribution < 1.29 is 4.52 Å². The Morgan fingerprint density at radius 1 is 1.16 bits per heavy atom. The maximum atomic E-state index is 5.50. The molecule has 1 saturated carbocycles. The molecule has 19 heavy (non-hydrogen) atoms. The van der Waals surface area contributed by atoms with Crippen LogP contribution in [0.25, 0.3) is 0 Å². The van der Waals surface area contributed by atoms with Crippen LogP contribution in [-0.2, 0) is 13.1 Å². The highest BCUT2D eigenvalue weighted by Crippen LogP contribution is 2.43. The molecule has 1 aromatic rings. The first-order valence-corrected chi connectivity index (χ1v) is 7.54. The van der Waals surface area contributed by atoms with Gasteiger partial charge in [-0.2, -0.15) is 4.98 Å². The molecule has 1 aromatic heterocycles. The third-order valence-electron chi connectivity index (χ3n) is 4.70. The van der Waals surface area contributed by atoms with Gasteiger partial charge in [-0.25, -0.2) is 0 Å². The Morgan fingerprint density at radius 2 is 1.95 bits per heavy atom. The quantitative estimate of drug-likeness (QED) is 0.905. The van der Waals surface area contributed by atoms with Gasteiger partial charge in [-0.05, 0) is 37.6 Å². The molecule has 1 aliphatic heterocycles. The Morgan fingerprint density at radius 3 is 2.68 bits per heavy atom. The van der Waals surface area contributed by atoms with Gasteiger partial charge in [0.05, 0.1) is 13.1 Å². The molecule has 3 rings (SSSR count). The van der Waals surface area contributed by atoms with Gasteiger partial charge in [0.1, 0.15) is 0 Å². The molecule has 2 heterocycles. The van der Waals surface area contributed by atoms with Gasteiger partial charge >= 0.3 is 0 Å². The third-order valence-corrected chi connectivity index (χ3v) is 4.70. The van der Waals surface area contributed by atoms with Crippen molar-refractivity contribution in [3.63, 3.8) is 0 Å². The van der Waals surface area contributed by atoms with Crippen molar-refractivity contribution in [3.05, 3.63) is 11.7 Å². The Bertz CT molecular complexity index is 406. The Hall–Kier alpha value is -0.940. The average molecular weight is 264 g/mol. The third kappa shape index (κ3) is 2.98. The van der Waals surface area contributed by atoms with Crippen LogP contribution in [-0.4, -0.2) is 28.1 Å². The van der Waals surface area contributed by atoms with Crippen molar-refractivity contribution in [2.75, 3.05) is 13.1 Å². The molecule has 0 amide bonds. The van der Waals surface area contributed by atoms with E-state index in [0.29, 0.717) is 17.9 Å². The number of nitrogens with two attached hydrogens (primary N) is 1. The molecule has 5 heteroatoms. The zero-order valence-corrected chi connectivity index (χ0v) is 11.6. The van der Waals surface area contributed by atoms with Crippen molar-refractivity contribution in [2.45, 2.75) is 58.0 Å². The van der Waals surface area contributed by atoms with Crippen molar-refractivity contribution in [1.82, 2.24) is 15.0 Å². The Kier molecular flexibility index (Phi) is 3.84. The predicted octanol–water partition coefficient (Wildman–Crippen LogP) is 2.07. The van der Waals surface area contributed by atoms with Gasteiger partial charge in [-0.1, -0.05) is 24.4 Å². The van der Waals surface area contributed by atoms with Crippen molar-refractivity contribution in [3.8, 4) is 0 Å². The van der Waals surface area contributed by atoms with Gasteiger partial charge in [-0.15, -0.1) is 0 Å². The second kappa shape index (κ2) is 5.59. The van der Waals surface area contributed by atoms with E-state index >= 15 is 0 Å². The minimum Gasteiger partial charge on any atom is -0.338 e. The molecule has 0 aromatic carbocycles. The summed E-state index contributed by atoms with van der Waals surface area (Å²) in [6.45, 7) is 3.51. The normalized spacial score (nSPS) is 23.8. The first-order valence-electron chi connectivity index (χ1n) is 7.54. The van der Waals surface area contributed by atoms with E-state index in [1.807, 2.05) is 0 Å². The summed E-state index contributed by atoms with van der Waals surface area (Å²) < 4.78 is 5.08. The number of hydrogen-bond acceptors (Lipinski definition) is 5. The lowest BCUT2D eigenvalue weighted by Gasteiger charge is -2.45. The summed E-state index contributed by atoms with van der Waals surface area (Å²) in [4.78, 5) is 6.81. The van der Waals surface area contributed by atoms with Gasteiger partial charge in [-0.3, -0.25) is 4.90 Å². The summed E-state index contributed by atoms with van der Waals surface area (Å²) >= 11 is 0. The van der Waals surface area contributed by atoms with E-state index in [1.54, 1.807) is 0 Å². The van der Waals surface area contributed by atoms with Crippen molar-refractivity contribution in [1.29, 1.82) is 0 Å². The van der Waals surface area contributed by atoms with Gasteiger partial charge in [0, 0.05) is 6.54 Å².